The lowest BCUT2D eigenvalue weighted by molar-refractivity contribution is -0.161. The van der Waals surface area contributed by atoms with E-state index in [9.17, 15) is 14.0 Å². The molecule has 0 aliphatic carbocycles. The third-order valence-electron chi connectivity index (χ3n) is 4.04. The van der Waals surface area contributed by atoms with Gasteiger partial charge in [0.2, 0.25) is 11.8 Å². The Bertz CT molecular complexity index is 364. The minimum atomic E-state index is -0.942. The van der Waals surface area contributed by atoms with E-state index in [-0.39, 0.29) is 18.0 Å². The smallest absolute Gasteiger partial charge is 0.248 e. The summed E-state index contributed by atoms with van der Waals surface area (Å²) in [6, 6.07) is -0.942. The number of carbonyl (C=O) groups excluding carboxylic acids is 2. The summed E-state index contributed by atoms with van der Waals surface area (Å²) in [5.41, 5.74) is 0. The summed E-state index contributed by atoms with van der Waals surface area (Å²) in [5.74, 6) is 0.00842. The Labute approximate surface area is 113 Å². The van der Waals surface area contributed by atoms with Gasteiger partial charge in [0.15, 0.2) is 0 Å². The molecule has 2 aliphatic rings. The number of nitrogens with one attached hydrogen (secondary N) is 1. The molecule has 19 heavy (non-hydrogen) atoms. The van der Waals surface area contributed by atoms with Gasteiger partial charge in [-0.3, -0.25) is 14.9 Å². The predicted octanol–water partition coefficient (Wildman–Crippen LogP) is 0.361. The highest BCUT2D eigenvalue weighted by molar-refractivity contribution is 5.89. The summed E-state index contributed by atoms with van der Waals surface area (Å²) in [4.78, 5) is 27.3. The molecule has 0 aromatic rings. The molecule has 3 atom stereocenters. The van der Waals surface area contributed by atoms with Gasteiger partial charge in [0.25, 0.3) is 0 Å². The largest absolute Gasteiger partial charge is 0.337 e. The quantitative estimate of drug-likeness (QED) is 0.803. The number of halogens is 1. The fourth-order valence-corrected chi connectivity index (χ4v) is 2.73. The van der Waals surface area contributed by atoms with E-state index in [1.165, 1.54) is 4.90 Å². The summed E-state index contributed by atoms with van der Waals surface area (Å²) < 4.78 is 13.2. The van der Waals surface area contributed by atoms with E-state index in [2.05, 4.69) is 19.2 Å². The molecule has 2 amide bonds. The Hall–Kier alpha value is -1.17. The van der Waals surface area contributed by atoms with Crippen LogP contribution >= 0.6 is 0 Å². The first-order valence-corrected chi connectivity index (χ1v) is 6.97. The Balaban J connectivity index is 2.14. The summed E-state index contributed by atoms with van der Waals surface area (Å²) in [7, 11) is 0. The van der Waals surface area contributed by atoms with Crippen LogP contribution < -0.4 is 5.32 Å². The van der Waals surface area contributed by atoms with Crippen LogP contribution in [0.5, 0.6) is 0 Å². The lowest BCUT2D eigenvalue weighted by atomic mass is 10.0. The van der Waals surface area contributed by atoms with Crippen molar-refractivity contribution in [1.82, 2.24) is 15.1 Å². The molecule has 108 valence electrons. The van der Waals surface area contributed by atoms with E-state index in [1.54, 1.807) is 4.90 Å². The van der Waals surface area contributed by atoms with E-state index < -0.39 is 12.7 Å². The first-order chi connectivity index (χ1) is 9.08. The Kier molecular flexibility index (Phi) is 4.39. The highest BCUT2D eigenvalue weighted by Gasteiger charge is 2.44. The molecule has 2 heterocycles. The zero-order valence-electron chi connectivity index (χ0n) is 11.6. The summed E-state index contributed by atoms with van der Waals surface area (Å²) in [6.45, 7) is 5.03. The predicted molar refractivity (Wildman–Crippen MR) is 69.1 cm³/mol. The van der Waals surface area contributed by atoms with Crippen LogP contribution in [0.3, 0.4) is 0 Å². The van der Waals surface area contributed by atoms with Crippen LogP contribution in [0.1, 0.15) is 26.7 Å². The first-order valence-electron chi connectivity index (χ1n) is 6.97. The van der Waals surface area contributed by atoms with Crippen LogP contribution in [0.4, 0.5) is 4.39 Å². The molecule has 2 rings (SSSR count). The van der Waals surface area contributed by atoms with Crippen molar-refractivity contribution in [3.05, 3.63) is 0 Å². The van der Waals surface area contributed by atoms with Gasteiger partial charge in [0.1, 0.15) is 18.9 Å². The number of rotatable bonds is 4. The van der Waals surface area contributed by atoms with Crippen molar-refractivity contribution in [2.75, 3.05) is 26.3 Å². The summed E-state index contributed by atoms with van der Waals surface area (Å²) in [5, 5.41) is 3.20. The first kappa shape index (κ1) is 14.2. The van der Waals surface area contributed by atoms with Crippen molar-refractivity contribution in [2.45, 2.75) is 38.9 Å². The van der Waals surface area contributed by atoms with Gasteiger partial charge in [0.05, 0.1) is 6.54 Å². The normalized spacial score (nSPS) is 29.4. The third-order valence-corrected chi connectivity index (χ3v) is 4.04. The van der Waals surface area contributed by atoms with Crippen molar-refractivity contribution in [3.63, 3.8) is 0 Å². The van der Waals surface area contributed by atoms with Crippen molar-refractivity contribution in [2.24, 2.45) is 5.92 Å². The molecular weight excluding hydrogens is 249 g/mol. The molecule has 0 aromatic heterocycles. The lowest BCUT2D eigenvalue weighted by Gasteiger charge is -2.48. The number of hydrogen-bond acceptors (Lipinski definition) is 3. The average Bonchev–Trinajstić information content (AvgIpc) is 2.40. The van der Waals surface area contributed by atoms with Crippen LogP contribution in [0.15, 0.2) is 0 Å². The van der Waals surface area contributed by atoms with Gasteiger partial charge in [-0.15, -0.1) is 0 Å². The highest BCUT2D eigenvalue weighted by atomic mass is 19.1. The molecule has 0 saturated carbocycles. The molecule has 2 saturated heterocycles. The molecular formula is C13H22FN3O2. The van der Waals surface area contributed by atoms with Gasteiger partial charge >= 0.3 is 0 Å². The number of amides is 2. The zero-order chi connectivity index (χ0) is 14.0. The Morgan fingerprint density at radius 3 is 2.84 bits per heavy atom. The SMILES string of the molecule is CCC(C)CN1CC2NCCC(=O)N2C(CF)C1=O. The molecule has 0 bridgehead atoms. The van der Waals surface area contributed by atoms with Crippen molar-refractivity contribution >= 4 is 11.8 Å². The standard InChI is InChI=1S/C13H22FN3O2/c1-3-9(2)7-16-8-11-15-5-4-12(18)17(11)10(6-14)13(16)19/h9-11,15H,3-8H2,1-2H3. The van der Waals surface area contributed by atoms with Gasteiger partial charge in [0, 0.05) is 19.5 Å². The Morgan fingerprint density at radius 1 is 1.47 bits per heavy atom. The zero-order valence-corrected chi connectivity index (χ0v) is 11.6. The summed E-state index contributed by atoms with van der Waals surface area (Å²) >= 11 is 0. The molecule has 1 N–H and O–H groups in total. The van der Waals surface area contributed by atoms with Crippen LogP contribution in [0, 0.1) is 5.92 Å². The minimum absolute atomic E-state index is 0.122. The fraction of sp³-hybridized carbons (Fsp3) is 0.846. The molecule has 3 unspecified atom stereocenters. The van der Waals surface area contributed by atoms with E-state index in [1.807, 2.05) is 0 Å². The van der Waals surface area contributed by atoms with Crippen molar-refractivity contribution in [1.29, 1.82) is 0 Å². The fourth-order valence-electron chi connectivity index (χ4n) is 2.73. The van der Waals surface area contributed by atoms with E-state index in [0.29, 0.717) is 32.0 Å². The van der Waals surface area contributed by atoms with Gasteiger partial charge < -0.3 is 9.80 Å². The molecule has 2 aliphatic heterocycles. The highest BCUT2D eigenvalue weighted by Crippen LogP contribution is 2.21. The van der Waals surface area contributed by atoms with Gasteiger partial charge in [-0.1, -0.05) is 20.3 Å². The molecule has 6 heteroatoms. The van der Waals surface area contributed by atoms with Gasteiger partial charge in [-0.05, 0) is 5.92 Å². The summed E-state index contributed by atoms with van der Waals surface area (Å²) in [6.07, 6.45) is 1.08. The Morgan fingerprint density at radius 2 is 2.21 bits per heavy atom. The van der Waals surface area contributed by atoms with Crippen LogP contribution in [-0.4, -0.2) is 60.1 Å². The number of carbonyl (C=O) groups is 2. The maximum Gasteiger partial charge on any atom is 0.248 e. The van der Waals surface area contributed by atoms with Gasteiger partial charge in [-0.25, -0.2) is 4.39 Å². The number of hydrogen-bond donors (Lipinski definition) is 1. The number of alkyl halides is 1. The van der Waals surface area contributed by atoms with E-state index in [0.717, 1.165) is 6.42 Å². The average molecular weight is 271 g/mol. The van der Waals surface area contributed by atoms with Crippen LogP contribution in [-0.2, 0) is 9.59 Å². The maximum absolute atomic E-state index is 13.2. The number of piperazine rings is 1. The second-order valence-corrected chi connectivity index (χ2v) is 5.45. The topological polar surface area (TPSA) is 52.7 Å². The number of fused-ring (bicyclic) bond motifs is 1. The maximum atomic E-state index is 13.2. The second kappa shape index (κ2) is 5.86. The molecule has 0 aromatic carbocycles. The second-order valence-electron chi connectivity index (χ2n) is 5.45. The minimum Gasteiger partial charge on any atom is -0.337 e. The van der Waals surface area contributed by atoms with Crippen LogP contribution in [0.25, 0.3) is 0 Å². The van der Waals surface area contributed by atoms with Gasteiger partial charge in [-0.2, -0.15) is 0 Å². The third kappa shape index (κ3) is 2.73. The number of nitrogens with zero attached hydrogens (tertiary/aromatic N) is 2. The van der Waals surface area contributed by atoms with E-state index >= 15 is 0 Å². The molecule has 0 spiro atoms. The monoisotopic (exact) mass is 271 g/mol. The van der Waals surface area contributed by atoms with Crippen molar-refractivity contribution < 1.29 is 14.0 Å². The van der Waals surface area contributed by atoms with E-state index in [4.69, 9.17) is 0 Å². The molecule has 5 nitrogen and oxygen atoms in total. The molecule has 0 radical (unpaired) electrons. The van der Waals surface area contributed by atoms with Crippen molar-refractivity contribution in [3.8, 4) is 0 Å². The van der Waals surface area contributed by atoms with Crippen LogP contribution in [0.2, 0.25) is 0 Å². The molecule has 2 fully saturated rings. The lowest BCUT2D eigenvalue weighted by Crippen LogP contribution is -2.70.